The van der Waals surface area contributed by atoms with Crippen molar-refractivity contribution in [3.05, 3.63) is 0 Å². The van der Waals surface area contributed by atoms with Crippen LogP contribution in [-0.4, -0.2) is 24.3 Å². The maximum Gasteiger partial charge on any atom is 0.302 e. The van der Waals surface area contributed by atoms with Crippen molar-refractivity contribution in [2.75, 3.05) is 13.2 Å². The Hall–Kier alpha value is -1.01. The molecule has 0 saturated carbocycles. The summed E-state index contributed by atoms with van der Waals surface area (Å²) < 4.78 is 4.77. The van der Waals surface area contributed by atoms with Gasteiger partial charge >= 0.3 is 5.97 Å². The summed E-state index contributed by atoms with van der Waals surface area (Å²) in [6.45, 7) is 3.62. The van der Waals surface area contributed by atoms with Gasteiger partial charge < -0.3 is 9.84 Å². The van der Waals surface area contributed by atoms with Gasteiger partial charge in [0.25, 0.3) is 0 Å². The molecule has 0 unspecified atom stereocenters. The summed E-state index contributed by atoms with van der Waals surface area (Å²) in [5.41, 5.74) is 0. The quantitative estimate of drug-likeness (QED) is 0.414. The molecule has 1 atom stereocenters. The van der Waals surface area contributed by atoms with Gasteiger partial charge in [0.15, 0.2) is 0 Å². The van der Waals surface area contributed by atoms with Crippen LogP contribution in [0.4, 0.5) is 0 Å². The normalized spacial score (nSPS) is 11.4. The molecule has 0 aliphatic heterocycles. The van der Waals surface area contributed by atoms with Crippen molar-refractivity contribution < 1.29 is 14.6 Å². The molecule has 3 nitrogen and oxygen atoms in total. The van der Waals surface area contributed by atoms with Gasteiger partial charge in [-0.1, -0.05) is 25.7 Å². The van der Waals surface area contributed by atoms with Crippen molar-refractivity contribution in [3.63, 3.8) is 0 Å². The first-order chi connectivity index (χ1) is 7.20. The largest absolute Gasteiger partial charge is 0.464 e. The van der Waals surface area contributed by atoms with E-state index in [9.17, 15) is 4.79 Å². The fourth-order valence-electron chi connectivity index (χ4n) is 1.04. The average Bonchev–Trinajstić information content (AvgIpc) is 2.22. The summed E-state index contributed by atoms with van der Waals surface area (Å²) in [6.07, 6.45) is 4.31. The number of aliphatic hydroxyl groups excluding tert-OH is 1. The lowest BCUT2D eigenvalue weighted by molar-refractivity contribution is -0.142. The van der Waals surface area contributed by atoms with Crippen molar-refractivity contribution in [2.45, 2.75) is 39.5 Å². The molecule has 0 heterocycles. The van der Waals surface area contributed by atoms with Crippen LogP contribution < -0.4 is 0 Å². The molecular weight excluding hydrogens is 192 g/mol. The lowest BCUT2D eigenvalue weighted by atomic mass is 10.1. The van der Waals surface area contributed by atoms with E-state index in [1.165, 1.54) is 19.8 Å². The van der Waals surface area contributed by atoms with Crippen LogP contribution in [-0.2, 0) is 9.53 Å². The van der Waals surface area contributed by atoms with Crippen LogP contribution in [0.1, 0.15) is 39.5 Å². The van der Waals surface area contributed by atoms with Gasteiger partial charge in [0.2, 0.25) is 0 Å². The minimum atomic E-state index is -0.332. The SMILES string of the molecule is CCCCCC#C[C@H](CO)COC(C)=O. The monoisotopic (exact) mass is 212 g/mol. The zero-order chi connectivity index (χ0) is 11.5. The fraction of sp³-hybridized carbons (Fsp3) is 0.750. The van der Waals surface area contributed by atoms with Crippen LogP contribution in [0.5, 0.6) is 0 Å². The molecule has 0 saturated heterocycles. The minimum absolute atomic E-state index is 0.0615. The first-order valence-corrected chi connectivity index (χ1v) is 5.43. The predicted molar refractivity (Wildman–Crippen MR) is 59.1 cm³/mol. The Morgan fingerprint density at radius 1 is 1.47 bits per heavy atom. The first kappa shape index (κ1) is 14.0. The number of ether oxygens (including phenoxy) is 1. The Morgan fingerprint density at radius 3 is 2.73 bits per heavy atom. The zero-order valence-corrected chi connectivity index (χ0v) is 9.58. The lowest BCUT2D eigenvalue weighted by Crippen LogP contribution is -2.14. The highest BCUT2D eigenvalue weighted by atomic mass is 16.5. The molecule has 86 valence electrons. The number of aliphatic hydroxyl groups is 1. The highest BCUT2D eigenvalue weighted by Gasteiger charge is 2.04. The molecule has 0 fully saturated rings. The summed E-state index contributed by atoms with van der Waals surface area (Å²) in [7, 11) is 0. The molecule has 0 aromatic carbocycles. The van der Waals surface area contributed by atoms with Crippen LogP contribution >= 0.6 is 0 Å². The topological polar surface area (TPSA) is 46.5 Å². The highest BCUT2D eigenvalue weighted by molar-refractivity contribution is 5.65. The Kier molecular flexibility index (Phi) is 8.90. The van der Waals surface area contributed by atoms with E-state index in [2.05, 4.69) is 18.8 Å². The minimum Gasteiger partial charge on any atom is -0.464 e. The van der Waals surface area contributed by atoms with E-state index >= 15 is 0 Å². The van der Waals surface area contributed by atoms with Crippen LogP contribution in [0.15, 0.2) is 0 Å². The number of hydrogen-bond acceptors (Lipinski definition) is 3. The van der Waals surface area contributed by atoms with E-state index in [0.717, 1.165) is 12.8 Å². The molecule has 0 amide bonds. The smallest absolute Gasteiger partial charge is 0.302 e. The maximum absolute atomic E-state index is 10.5. The van der Waals surface area contributed by atoms with Gasteiger partial charge in [-0.25, -0.2) is 0 Å². The van der Waals surface area contributed by atoms with Gasteiger partial charge in [-0.15, -0.1) is 5.92 Å². The third-order valence-electron chi connectivity index (χ3n) is 1.92. The third-order valence-corrected chi connectivity index (χ3v) is 1.92. The molecule has 0 radical (unpaired) electrons. The van der Waals surface area contributed by atoms with Gasteiger partial charge in [0.1, 0.15) is 6.61 Å². The van der Waals surface area contributed by atoms with Gasteiger partial charge in [0.05, 0.1) is 12.5 Å². The number of carbonyl (C=O) groups excluding carboxylic acids is 1. The summed E-state index contributed by atoms with van der Waals surface area (Å²) in [5, 5.41) is 8.95. The van der Waals surface area contributed by atoms with Crippen molar-refractivity contribution >= 4 is 5.97 Å². The van der Waals surface area contributed by atoms with Gasteiger partial charge in [0, 0.05) is 13.3 Å². The summed E-state index contributed by atoms with van der Waals surface area (Å²) in [5.74, 6) is 5.33. The lowest BCUT2D eigenvalue weighted by Gasteiger charge is -2.06. The first-order valence-electron chi connectivity index (χ1n) is 5.43. The second-order valence-corrected chi connectivity index (χ2v) is 3.46. The summed E-state index contributed by atoms with van der Waals surface area (Å²) >= 11 is 0. The molecule has 0 aliphatic rings. The fourth-order valence-corrected chi connectivity index (χ4v) is 1.04. The number of unbranched alkanes of at least 4 members (excludes halogenated alkanes) is 3. The van der Waals surface area contributed by atoms with Gasteiger partial charge in [-0.05, 0) is 6.42 Å². The zero-order valence-electron chi connectivity index (χ0n) is 9.58. The van der Waals surface area contributed by atoms with Gasteiger partial charge in [-0.3, -0.25) is 4.79 Å². The molecule has 1 N–H and O–H groups in total. The molecule has 15 heavy (non-hydrogen) atoms. The van der Waals surface area contributed by atoms with Crippen LogP contribution in [0.3, 0.4) is 0 Å². The number of esters is 1. The Labute approximate surface area is 91.8 Å². The van der Waals surface area contributed by atoms with Crippen molar-refractivity contribution in [2.24, 2.45) is 5.92 Å². The van der Waals surface area contributed by atoms with E-state index in [-0.39, 0.29) is 25.1 Å². The summed E-state index contributed by atoms with van der Waals surface area (Å²) in [6, 6.07) is 0. The van der Waals surface area contributed by atoms with E-state index in [4.69, 9.17) is 9.84 Å². The summed E-state index contributed by atoms with van der Waals surface area (Å²) in [4.78, 5) is 10.5. The molecule has 0 rings (SSSR count). The average molecular weight is 212 g/mol. The Bertz CT molecular complexity index is 225. The second-order valence-electron chi connectivity index (χ2n) is 3.46. The molecule has 0 aliphatic carbocycles. The van der Waals surface area contributed by atoms with Crippen molar-refractivity contribution in [1.82, 2.24) is 0 Å². The van der Waals surface area contributed by atoms with Crippen LogP contribution in [0, 0.1) is 17.8 Å². The van der Waals surface area contributed by atoms with Gasteiger partial charge in [-0.2, -0.15) is 0 Å². The third kappa shape index (κ3) is 9.30. The van der Waals surface area contributed by atoms with Crippen LogP contribution in [0.25, 0.3) is 0 Å². The maximum atomic E-state index is 10.5. The molecule has 0 aromatic rings. The molecular formula is C12H20O3. The number of rotatable bonds is 6. The van der Waals surface area contributed by atoms with E-state index in [1.54, 1.807) is 0 Å². The van der Waals surface area contributed by atoms with E-state index in [0.29, 0.717) is 0 Å². The second kappa shape index (κ2) is 9.54. The highest BCUT2D eigenvalue weighted by Crippen LogP contribution is 1.99. The number of hydrogen-bond donors (Lipinski definition) is 1. The Morgan fingerprint density at radius 2 is 2.20 bits per heavy atom. The van der Waals surface area contributed by atoms with Crippen molar-refractivity contribution in [3.8, 4) is 11.8 Å². The molecule has 0 aromatic heterocycles. The molecule has 0 bridgehead atoms. The molecule has 3 heteroatoms. The standard InChI is InChI=1S/C12H20O3/c1-3-4-5-6-7-8-12(9-13)10-15-11(2)14/h12-13H,3-6,9-10H2,1-2H3/t12-/m1/s1. The molecule has 0 spiro atoms. The van der Waals surface area contributed by atoms with Crippen molar-refractivity contribution in [1.29, 1.82) is 0 Å². The van der Waals surface area contributed by atoms with E-state index < -0.39 is 0 Å². The van der Waals surface area contributed by atoms with E-state index in [1.807, 2.05) is 0 Å². The predicted octanol–water partition coefficient (Wildman–Crippen LogP) is 1.74. The number of carbonyl (C=O) groups is 1. The van der Waals surface area contributed by atoms with Crippen LogP contribution in [0.2, 0.25) is 0 Å². The Balaban J connectivity index is 3.71.